The van der Waals surface area contributed by atoms with Crippen LogP contribution in [0.2, 0.25) is 0 Å². The fraction of sp³-hybridized carbons (Fsp3) is 0.857. The smallest absolute Gasteiger partial charge is 0.248 e. The summed E-state index contributed by atoms with van der Waals surface area (Å²) < 4.78 is 29.8. The molecule has 1 aliphatic carbocycles. The van der Waals surface area contributed by atoms with E-state index >= 15 is 0 Å². The van der Waals surface area contributed by atoms with Crippen molar-refractivity contribution in [3.05, 3.63) is 6.42 Å². The van der Waals surface area contributed by atoms with E-state index in [1.54, 1.807) is 13.5 Å². The molecule has 1 saturated carbocycles. The fourth-order valence-corrected chi connectivity index (χ4v) is 1.09. The minimum atomic E-state index is -2.48. The number of rotatable bonds is 1. The highest BCUT2D eigenvalue weighted by molar-refractivity contribution is 4.90. The Morgan fingerprint density at radius 1 is 1.60 bits per heavy atom. The van der Waals surface area contributed by atoms with Crippen LogP contribution in [-0.2, 0) is 4.74 Å². The van der Waals surface area contributed by atoms with Crippen molar-refractivity contribution in [2.45, 2.75) is 31.3 Å². The quantitative estimate of drug-likeness (QED) is 0.554. The predicted octanol–water partition coefficient (Wildman–Crippen LogP) is 2.02. The van der Waals surface area contributed by atoms with E-state index in [0.717, 1.165) is 0 Å². The molecule has 10 heavy (non-hydrogen) atoms. The summed E-state index contributed by atoms with van der Waals surface area (Å²) in [5.41, 5.74) is 0. The van der Waals surface area contributed by atoms with Crippen molar-refractivity contribution in [2.75, 3.05) is 7.11 Å². The van der Waals surface area contributed by atoms with Gasteiger partial charge in [0.25, 0.3) is 0 Å². The van der Waals surface area contributed by atoms with Gasteiger partial charge in [-0.3, -0.25) is 0 Å². The average molecular weight is 149 g/mol. The number of hydrogen-bond acceptors (Lipinski definition) is 1. The molecule has 0 aromatic carbocycles. The Labute approximate surface area is 59.4 Å². The van der Waals surface area contributed by atoms with Crippen molar-refractivity contribution in [3.8, 4) is 0 Å². The van der Waals surface area contributed by atoms with Crippen LogP contribution >= 0.6 is 0 Å². The van der Waals surface area contributed by atoms with Crippen LogP contribution in [-0.4, -0.2) is 19.1 Å². The number of ether oxygens (including phenoxy) is 1. The lowest BCUT2D eigenvalue weighted by Crippen LogP contribution is -2.28. The fourth-order valence-electron chi connectivity index (χ4n) is 1.09. The summed E-state index contributed by atoms with van der Waals surface area (Å²) in [4.78, 5) is 0. The Bertz CT molecular complexity index is 104. The van der Waals surface area contributed by atoms with Crippen molar-refractivity contribution >= 4 is 0 Å². The molecular weight excluding hydrogens is 138 g/mol. The van der Waals surface area contributed by atoms with Gasteiger partial charge in [0.15, 0.2) is 0 Å². The number of hydrogen-bond donors (Lipinski definition) is 0. The minimum absolute atomic E-state index is 0.0397. The lowest BCUT2D eigenvalue weighted by Gasteiger charge is -2.26. The standard InChI is InChI=1S/C7H11F2O/c1-10-6-2-4-7(8,9)5-3-6/h2,6H,3-5H2,1H3. The number of halogens is 2. The van der Waals surface area contributed by atoms with Crippen molar-refractivity contribution in [1.82, 2.24) is 0 Å². The molecule has 1 aliphatic rings. The second kappa shape index (κ2) is 2.82. The highest BCUT2D eigenvalue weighted by Crippen LogP contribution is 2.33. The maximum atomic E-state index is 12.4. The van der Waals surface area contributed by atoms with Crippen molar-refractivity contribution in [1.29, 1.82) is 0 Å². The third-order valence-electron chi connectivity index (χ3n) is 1.78. The zero-order valence-electron chi connectivity index (χ0n) is 5.94. The van der Waals surface area contributed by atoms with Gasteiger partial charge in [-0.15, -0.1) is 0 Å². The molecule has 59 valence electrons. The molecule has 0 aliphatic heterocycles. The summed E-state index contributed by atoms with van der Waals surface area (Å²) in [5, 5.41) is 0. The van der Waals surface area contributed by atoms with Gasteiger partial charge in [-0.2, -0.15) is 0 Å². The SMILES string of the molecule is COC1[CH]CC(F)(F)CC1. The highest BCUT2D eigenvalue weighted by Gasteiger charge is 2.34. The van der Waals surface area contributed by atoms with Gasteiger partial charge in [-0.1, -0.05) is 0 Å². The molecule has 0 N–H and O–H groups in total. The summed E-state index contributed by atoms with van der Waals surface area (Å²) in [5.74, 6) is -2.48. The van der Waals surface area contributed by atoms with Gasteiger partial charge >= 0.3 is 0 Å². The van der Waals surface area contributed by atoms with Crippen LogP contribution in [0.3, 0.4) is 0 Å². The first kappa shape index (κ1) is 7.92. The van der Waals surface area contributed by atoms with Gasteiger partial charge in [0.2, 0.25) is 5.92 Å². The van der Waals surface area contributed by atoms with E-state index in [-0.39, 0.29) is 18.9 Å². The molecule has 1 radical (unpaired) electrons. The number of alkyl halides is 2. The van der Waals surface area contributed by atoms with Gasteiger partial charge in [-0.05, 0) is 12.8 Å². The Morgan fingerprint density at radius 3 is 2.70 bits per heavy atom. The van der Waals surface area contributed by atoms with Crippen LogP contribution in [0.1, 0.15) is 19.3 Å². The molecule has 1 rings (SSSR count). The van der Waals surface area contributed by atoms with Crippen LogP contribution in [0.25, 0.3) is 0 Å². The van der Waals surface area contributed by atoms with E-state index in [1.807, 2.05) is 0 Å². The van der Waals surface area contributed by atoms with Gasteiger partial charge in [0, 0.05) is 20.0 Å². The van der Waals surface area contributed by atoms with Crippen molar-refractivity contribution in [2.24, 2.45) is 0 Å². The normalized spacial score (nSPS) is 26.7. The van der Waals surface area contributed by atoms with Gasteiger partial charge in [-0.25, -0.2) is 8.78 Å². The monoisotopic (exact) mass is 149 g/mol. The first-order chi connectivity index (χ1) is 4.64. The maximum Gasteiger partial charge on any atom is 0.248 e. The topological polar surface area (TPSA) is 9.23 Å². The highest BCUT2D eigenvalue weighted by atomic mass is 19.3. The third kappa shape index (κ3) is 1.90. The molecule has 0 heterocycles. The molecule has 1 nitrogen and oxygen atoms in total. The molecule has 1 fully saturated rings. The Balaban J connectivity index is 2.31. The van der Waals surface area contributed by atoms with E-state index in [4.69, 9.17) is 4.74 Å². The first-order valence-corrected chi connectivity index (χ1v) is 3.38. The van der Waals surface area contributed by atoms with E-state index in [1.165, 1.54) is 0 Å². The number of methoxy groups -OCH3 is 1. The Morgan fingerprint density at radius 2 is 2.30 bits per heavy atom. The van der Waals surface area contributed by atoms with Gasteiger partial charge in [0.1, 0.15) is 0 Å². The van der Waals surface area contributed by atoms with Crippen LogP contribution < -0.4 is 0 Å². The predicted molar refractivity (Wildman–Crippen MR) is 33.9 cm³/mol. The van der Waals surface area contributed by atoms with Crippen LogP contribution in [0.4, 0.5) is 8.78 Å². The molecule has 1 atom stereocenters. The molecular formula is C7H11F2O. The van der Waals surface area contributed by atoms with Crippen LogP contribution in [0.5, 0.6) is 0 Å². The molecule has 0 saturated heterocycles. The van der Waals surface area contributed by atoms with E-state index < -0.39 is 5.92 Å². The molecule has 0 aromatic rings. The van der Waals surface area contributed by atoms with Crippen LogP contribution in [0, 0.1) is 6.42 Å². The van der Waals surface area contributed by atoms with E-state index in [9.17, 15) is 8.78 Å². The van der Waals surface area contributed by atoms with E-state index in [0.29, 0.717) is 6.42 Å². The van der Waals surface area contributed by atoms with Crippen molar-refractivity contribution in [3.63, 3.8) is 0 Å². The van der Waals surface area contributed by atoms with Gasteiger partial charge in [0.05, 0.1) is 6.10 Å². The lowest BCUT2D eigenvalue weighted by atomic mass is 9.94. The molecule has 0 aromatic heterocycles. The average Bonchev–Trinajstić information content (AvgIpc) is 1.88. The minimum Gasteiger partial charge on any atom is -0.381 e. The summed E-state index contributed by atoms with van der Waals surface area (Å²) in [6.07, 6.45) is 1.76. The van der Waals surface area contributed by atoms with Gasteiger partial charge < -0.3 is 4.74 Å². The second-order valence-corrected chi connectivity index (χ2v) is 2.61. The maximum absolute atomic E-state index is 12.4. The van der Waals surface area contributed by atoms with E-state index in [2.05, 4.69) is 0 Å². The summed E-state index contributed by atoms with van der Waals surface area (Å²) in [7, 11) is 1.55. The molecule has 0 bridgehead atoms. The largest absolute Gasteiger partial charge is 0.381 e. The first-order valence-electron chi connectivity index (χ1n) is 3.38. The van der Waals surface area contributed by atoms with Crippen LogP contribution in [0.15, 0.2) is 0 Å². The Hall–Kier alpha value is -0.180. The summed E-state index contributed by atoms with van der Waals surface area (Å²) in [6, 6.07) is 0. The Kier molecular flexibility index (Phi) is 2.24. The summed E-state index contributed by atoms with van der Waals surface area (Å²) in [6.45, 7) is 0. The zero-order valence-corrected chi connectivity index (χ0v) is 5.94. The molecule has 0 spiro atoms. The molecule has 1 unspecified atom stereocenters. The van der Waals surface area contributed by atoms with Crippen molar-refractivity contribution < 1.29 is 13.5 Å². The summed E-state index contributed by atoms with van der Waals surface area (Å²) >= 11 is 0. The third-order valence-corrected chi connectivity index (χ3v) is 1.78. The molecule has 0 amide bonds. The zero-order chi connectivity index (χ0) is 7.61. The molecule has 3 heteroatoms. The second-order valence-electron chi connectivity index (χ2n) is 2.61. The lowest BCUT2D eigenvalue weighted by molar-refractivity contribution is -0.0483.